The topological polar surface area (TPSA) is 122 Å². The van der Waals surface area contributed by atoms with Crippen molar-refractivity contribution in [3.8, 4) is 5.88 Å². The number of carbonyl (C=O) groups excluding carboxylic acids is 1. The Bertz CT molecular complexity index is 863. The largest absolute Gasteiger partial charge is 0.483 e. The molecule has 1 aromatic heterocycles. The summed E-state index contributed by atoms with van der Waals surface area (Å²) < 4.78 is 5.22. The number of fused-ring (bicyclic) bond motifs is 1. The van der Waals surface area contributed by atoms with Crippen LogP contribution in [0.25, 0.3) is 0 Å². The summed E-state index contributed by atoms with van der Waals surface area (Å²) in [6.45, 7) is 3.85. The Labute approximate surface area is 169 Å². The molecule has 1 aromatic carbocycles. The summed E-state index contributed by atoms with van der Waals surface area (Å²) in [7, 11) is 1.57. The van der Waals surface area contributed by atoms with Crippen LogP contribution in [0.3, 0.4) is 0 Å². The van der Waals surface area contributed by atoms with Crippen LogP contribution in [0.15, 0.2) is 36.4 Å². The van der Waals surface area contributed by atoms with Gasteiger partial charge in [0.15, 0.2) is 0 Å². The van der Waals surface area contributed by atoms with Crippen LogP contribution in [0.2, 0.25) is 0 Å². The first-order chi connectivity index (χ1) is 14.0. The van der Waals surface area contributed by atoms with Gasteiger partial charge in [0.2, 0.25) is 17.7 Å². The molecule has 29 heavy (non-hydrogen) atoms. The van der Waals surface area contributed by atoms with Gasteiger partial charge >= 0.3 is 0 Å². The molecule has 9 heteroatoms. The standard InChI is InChI=1S/C19H23N5O2.CH2O2/c1-12(25)24-10-14-9-23(16-8-17(26-2)22-19(20)21-16)11-15(14)18(24)13-6-4-3-5-7-13;2-1-3/h3-8,14-15,18H,9-11H2,1-2H3,(H2,20,21,22);1H,(H,2,3)/t14-,15-,18-;/m1./s1. The van der Waals surface area contributed by atoms with Crippen molar-refractivity contribution in [2.45, 2.75) is 13.0 Å². The molecule has 4 rings (SSSR count). The second kappa shape index (κ2) is 8.76. The number of rotatable bonds is 3. The Balaban J connectivity index is 0.000000755. The van der Waals surface area contributed by atoms with Gasteiger partial charge < -0.3 is 25.4 Å². The second-order valence-electron chi connectivity index (χ2n) is 7.09. The lowest BCUT2D eigenvalue weighted by Gasteiger charge is -2.29. The van der Waals surface area contributed by atoms with Gasteiger partial charge in [-0.25, -0.2) is 0 Å². The van der Waals surface area contributed by atoms with Crippen LogP contribution in [0, 0.1) is 11.8 Å². The number of nitrogens with two attached hydrogens (primary N) is 1. The Morgan fingerprint density at radius 1 is 1.24 bits per heavy atom. The number of anilines is 2. The minimum Gasteiger partial charge on any atom is -0.483 e. The lowest BCUT2D eigenvalue weighted by Crippen LogP contribution is -2.34. The number of ether oxygens (including phenoxy) is 1. The first-order valence-corrected chi connectivity index (χ1v) is 9.32. The maximum absolute atomic E-state index is 12.2. The van der Waals surface area contributed by atoms with E-state index in [2.05, 4.69) is 27.0 Å². The second-order valence-corrected chi connectivity index (χ2v) is 7.09. The number of carboxylic acid groups (broad SMARTS) is 1. The van der Waals surface area contributed by atoms with Crippen LogP contribution in [0.4, 0.5) is 11.8 Å². The summed E-state index contributed by atoms with van der Waals surface area (Å²) in [5.74, 6) is 2.36. The minimum absolute atomic E-state index is 0.102. The lowest BCUT2D eigenvalue weighted by atomic mass is 9.89. The third-order valence-electron chi connectivity index (χ3n) is 5.45. The van der Waals surface area contributed by atoms with Gasteiger partial charge in [0.1, 0.15) is 5.82 Å². The quantitative estimate of drug-likeness (QED) is 0.743. The number of nitrogen functional groups attached to an aromatic ring is 1. The zero-order chi connectivity index (χ0) is 21.0. The molecule has 0 saturated carbocycles. The van der Waals surface area contributed by atoms with Crippen molar-refractivity contribution < 1.29 is 19.4 Å². The highest BCUT2D eigenvalue weighted by atomic mass is 16.5. The zero-order valence-corrected chi connectivity index (χ0v) is 16.4. The molecule has 1 amide bonds. The summed E-state index contributed by atoms with van der Waals surface area (Å²) in [5, 5.41) is 6.89. The van der Waals surface area contributed by atoms with E-state index < -0.39 is 0 Å². The minimum atomic E-state index is -0.250. The number of likely N-dealkylation sites (tertiary alicyclic amines) is 1. The molecule has 2 aliphatic heterocycles. The van der Waals surface area contributed by atoms with Crippen LogP contribution >= 0.6 is 0 Å². The lowest BCUT2D eigenvalue weighted by molar-refractivity contribution is -0.130. The highest BCUT2D eigenvalue weighted by molar-refractivity contribution is 5.74. The normalized spacial score (nSPS) is 22.5. The Morgan fingerprint density at radius 2 is 1.93 bits per heavy atom. The van der Waals surface area contributed by atoms with E-state index in [1.165, 1.54) is 5.56 Å². The van der Waals surface area contributed by atoms with E-state index in [4.69, 9.17) is 20.4 Å². The Morgan fingerprint density at radius 3 is 2.55 bits per heavy atom. The Kier molecular flexibility index (Phi) is 6.16. The Hall–Kier alpha value is -3.36. The van der Waals surface area contributed by atoms with Gasteiger partial charge in [-0.15, -0.1) is 0 Å². The van der Waals surface area contributed by atoms with Crippen LogP contribution in [-0.2, 0) is 9.59 Å². The molecule has 2 aromatic rings. The van der Waals surface area contributed by atoms with E-state index in [9.17, 15) is 4.79 Å². The van der Waals surface area contributed by atoms with Gasteiger partial charge in [-0.05, 0) is 5.56 Å². The molecule has 2 saturated heterocycles. The smallest absolute Gasteiger partial charge is 0.290 e. The zero-order valence-electron chi connectivity index (χ0n) is 16.4. The van der Waals surface area contributed by atoms with Gasteiger partial charge in [-0.2, -0.15) is 9.97 Å². The van der Waals surface area contributed by atoms with E-state index in [0.29, 0.717) is 17.7 Å². The summed E-state index contributed by atoms with van der Waals surface area (Å²) in [6, 6.07) is 12.2. The van der Waals surface area contributed by atoms with Crippen molar-refractivity contribution in [1.29, 1.82) is 0 Å². The fourth-order valence-corrected chi connectivity index (χ4v) is 4.33. The SMILES string of the molecule is COc1cc(N2C[C@@H]3CN(C(C)=O)[C@H](c4ccccc4)[C@@H]3C2)nc(N)n1.O=CO. The molecule has 0 bridgehead atoms. The maximum Gasteiger partial charge on any atom is 0.290 e. The number of aromatic nitrogens is 2. The molecule has 2 fully saturated rings. The summed E-state index contributed by atoms with van der Waals surface area (Å²) in [4.78, 5) is 33.2. The van der Waals surface area contributed by atoms with Gasteiger partial charge in [0.25, 0.3) is 6.47 Å². The number of hydrogen-bond acceptors (Lipinski definition) is 7. The number of methoxy groups -OCH3 is 1. The molecule has 9 nitrogen and oxygen atoms in total. The number of amides is 1. The molecular weight excluding hydrogens is 374 g/mol. The molecule has 154 valence electrons. The van der Waals surface area contributed by atoms with Gasteiger partial charge in [-0.1, -0.05) is 30.3 Å². The molecule has 0 radical (unpaired) electrons. The molecule has 2 aliphatic rings. The summed E-state index contributed by atoms with van der Waals surface area (Å²) in [5.41, 5.74) is 7.01. The van der Waals surface area contributed by atoms with E-state index in [-0.39, 0.29) is 24.4 Å². The average Bonchev–Trinajstić information content (AvgIpc) is 3.27. The molecular formula is C20H25N5O4. The number of nitrogens with zero attached hydrogens (tertiary/aromatic N) is 4. The van der Waals surface area contributed by atoms with Crippen molar-refractivity contribution in [2.24, 2.45) is 11.8 Å². The average molecular weight is 399 g/mol. The first kappa shape index (κ1) is 20.4. The van der Waals surface area contributed by atoms with Crippen molar-refractivity contribution in [3.63, 3.8) is 0 Å². The highest BCUT2D eigenvalue weighted by Gasteiger charge is 2.48. The van der Waals surface area contributed by atoms with Crippen molar-refractivity contribution in [3.05, 3.63) is 42.0 Å². The molecule has 3 atom stereocenters. The molecule has 3 N–H and O–H groups in total. The van der Waals surface area contributed by atoms with E-state index in [1.807, 2.05) is 29.2 Å². The maximum atomic E-state index is 12.2. The predicted molar refractivity (Wildman–Crippen MR) is 107 cm³/mol. The van der Waals surface area contributed by atoms with Gasteiger partial charge in [0, 0.05) is 44.5 Å². The van der Waals surface area contributed by atoms with E-state index in [1.54, 1.807) is 14.0 Å². The predicted octanol–water partition coefficient (Wildman–Crippen LogP) is 1.42. The van der Waals surface area contributed by atoms with Gasteiger partial charge in [0.05, 0.1) is 13.2 Å². The summed E-state index contributed by atoms with van der Waals surface area (Å²) >= 11 is 0. The van der Waals surface area contributed by atoms with Crippen molar-refractivity contribution in [2.75, 3.05) is 37.4 Å². The highest BCUT2D eigenvalue weighted by Crippen LogP contribution is 2.45. The van der Waals surface area contributed by atoms with Crippen LogP contribution in [0.5, 0.6) is 5.88 Å². The number of carbonyl (C=O) groups is 2. The van der Waals surface area contributed by atoms with Gasteiger partial charge in [-0.3, -0.25) is 9.59 Å². The number of hydrogen-bond donors (Lipinski definition) is 2. The third kappa shape index (κ3) is 4.23. The van der Waals surface area contributed by atoms with Crippen molar-refractivity contribution in [1.82, 2.24) is 14.9 Å². The number of benzene rings is 1. The third-order valence-corrected chi connectivity index (χ3v) is 5.45. The van der Waals surface area contributed by atoms with E-state index in [0.717, 1.165) is 25.5 Å². The molecule has 0 spiro atoms. The van der Waals surface area contributed by atoms with Crippen LogP contribution in [-0.4, -0.2) is 59.1 Å². The van der Waals surface area contributed by atoms with E-state index >= 15 is 0 Å². The fourth-order valence-electron chi connectivity index (χ4n) is 4.33. The first-order valence-electron chi connectivity index (χ1n) is 9.32. The molecule has 3 heterocycles. The van der Waals surface area contributed by atoms with Crippen LogP contribution in [0.1, 0.15) is 18.5 Å². The molecule has 0 unspecified atom stereocenters. The van der Waals surface area contributed by atoms with Crippen LogP contribution < -0.4 is 15.4 Å². The fraction of sp³-hybridized carbons (Fsp3) is 0.400. The van der Waals surface area contributed by atoms with Crippen molar-refractivity contribution >= 4 is 24.1 Å². The summed E-state index contributed by atoms with van der Waals surface area (Å²) in [6.07, 6.45) is 0. The monoisotopic (exact) mass is 399 g/mol. The molecule has 0 aliphatic carbocycles.